The fourth-order valence-electron chi connectivity index (χ4n) is 5.32. The van der Waals surface area contributed by atoms with Crippen LogP contribution >= 0.6 is 0 Å². The number of carbonyl (C=O) groups excluding carboxylic acids is 3. The van der Waals surface area contributed by atoms with Crippen molar-refractivity contribution < 1.29 is 34.4 Å². The SMILES string of the molecule is CC(=O)N[C@@H]1[C@@H](O)[C@H](O)[C@@H](CO)O[C@@H]1n1cc(-c2cccc(N3C(=O)c4cccc5cccc(c45)C3=O)c2)nn1. The summed E-state index contributed by atoms with van der Waals surface area (Å²) in [5.41, 5.74) is 2.10. The molecule has 0 aliphatic carbocycles. The van der Waals surface area contributed by atoms with E-state index in [1.165, 1.54) is 17.8 Å². The van der Waals surface area contributed by atoms with Crippen LogP contribution in [-0.2, 0) is 9.53 Å². The lowest BCUT2D eigenvalue weighted by Crippen LogP contribution is -2.62. The zero-order chi connectivity index (χ0) is 28.1. The van der Waals surface area contributed by atoms with Gasteiger partial charge in [-0.1, -0.05) is 41.6 Å². The minimum absolute atomic E-state index is 0.345. The van der Waals surface area contributed by atoms with E-state index in [2.05, 4.69) is 15.6 Å². The van der Waals surface area contributed by atoms with Gasteiger partial charge in [-0.2, -0.15) is 0 Å². The van der Waals surface area contributed by atoms with Crippen molar-refractivity contribution in [3.05, 3.63) is 78.0 Å². The molecule has 6 rings (SSSR count). The molecular formula is C28H25N5O7. The van der Waals surface area contributed by atoms with Crippen molar-refractivity contribution in [2.75, 3.05) is 11.5 Å². The Hall–Kier alpha value is -4.49. The third-order valence-electron chi connectivity index (χ3n) is 7.21. The highest BCUT2D eigenvalue weighted by Crippen LogP contribution is 2.34. The van der Waals surface area contributed by atoms with Crippen molar-refractivity contribution in [3.8, 4) is 11.3 Å². The number of amides is 3. The molecule has 3 amide bonds. The number of imide groups is 1. The number of hydrogen-bond donors (Lipinski definition) is 4. The van der Waals surface area contributed by atoms with E-state index >= 15 is 0 Å². The minimum Gasteiger partial charge on any atom is -0.394 e. The maximum atomic E-state index is 13.5. The van der Waals surface area contributed by atoms with Crippen LogP contribution in [0, 0.1) is 0 Å². The van der Waals surface area contributed by atoms with E-state index < -0.39 is 54.9 Å². The number of nitrogens with one attached hydrogen (secondary N) is 1. The lowest BCUT2D eigenvalue weighted by molar-refractivity contribution is -0.219. The van der Waals surface area contributed by atoms with Crippen molar-refractivity contribution in [2.24, 2.45) is 0 Å². The fraction of sp³-hybridized carbons (Fsp3) is 0.250. The van der Waals surface area contributed by atoms with Crippen LogP contribution in [0.2, 0.25) is 0 Å². The van der Waals surface area contributed by atoms with Gasteiger partial charge in [0.15, 0.2) is 6.23 Å². The molecule has 4 aromatic rings. The third-order valence-corrected chi connectivity index (χ3v) is 7.21. The van der Waals surface area contributed by atoms with Gasteiger partial charge in [0.1, 0.15) is 30.0 Å². The topological polar surface area (TPSA) is 167 Å². The molecule has 12 heteroatoms. The van der Waals surface area contributed by atoms with Crippen LogP contribution < -0.4 is 10.2 Å². The van der Waals surface area contributed by atoms with E-state index in [1.54, 1.807) is 48.5 Å². The van der Waals surface area contributed by atoms with Gasteiger partial charge in [-0.25, -0.2) is 9.58 Å². The molecule has 0 spiro atoms. The van der Waals surface area contributed by atoms with Crippen molar-refractivity contribution in [2.45, 2.75) is 37.5 Å². The second-order valence-electron chi connectivity index (χ2n) is 9.74. The fourth-order valence-corrected chi connectivity index (χ4v) is 5.32. The summed E-state index contributed by atoms with van der Waals surface area (Å²) in [6, 6.07) is 16.3. The second kappa shape index (κ2) is 9.92. The highest BCUT2D eigenvalue weighted by molar-refractivity contribution is 6.35. The van der Waals surface area contributed by atoms with E-state index in [1.807, 2.05) is 12.1 Å². The minimum atomic E-state index is -1.45. The molecule has 0 bridgehead atoms. The molecule has 4 N–H and O–H groups in total. The Morgan fingerprint density at radius 1 is 1.00 bits per heavy atom. The molecule has 2 aliphatic rings. The Bertz CT molecular complexity index is 1600. The number of anilines is 1. The molecule has 3 aromatic carbocycles. The molecule has 0 radical (unpaired) electrons. The molecule has 5 atom stereocenters. The van der Waals surface area contributed by atoms with Crippen molar-refractivity contribution in [1.82, 2.24) is 20.3 Å². The lowest BCUT2D eigenvalue weighted by Gasteiger charge is -2.42. The van der Waals surface area contributed by atoms with Crippen LogP contribution in [0.1, 0.15) is 33.9 Å². The first-order valence-corrected chi connectivity index (χ1v) is 12.6. The van der Waals surface area contributed by atoms with Crippen LogP contribution in [0.5, 0.6) is 0 Å². The maximum absolute atomic E-state index is 13.5. The first kappa shape index (κ1) is 25.8. The summed E-state index contributed by atoms with van der Waals surface area (Å²) in [5.74, 6) is -1.34. The summed E-state index contributed by atoms with van der Waals surface area (Å²) in [6.45, 7) is 0.689. The quantitative estimate of drug-likeness (QED) is 0.269. The number of aliphatic hydroxyl groups is 3. The Balaban J connectivity index is 1.34. The number of rotatable bonds is 5. The van der Waals surface area contributed by atoms with E-state index in [4.69, 9.17) is 4.74 Å². The lowest BCUT2D eigenvalue weighted by atomic mass is 9.93. The number of ether oxygens (including phenoxy) is 1. The molecule has 3 heterocycles. The zero-order valence-electron chi connectivity index (χ0n) is 21.2. The average Bonchev–Trinajstić information content (AvgIpc) is 3.45. The highest BCUT2D eigenvalue weighted by atomic mass is 16.5. The van der Waals surface area contributed by atoms with E-state index in [-0.39, 0.29) is 0 Å². The highest BCUT2D eigenvalue weighted by Gasteiger charge is 2.46. The molecular weight excluding hydrogens is 518 g/mol. The van der Waals surface area contributed by atoms with Crippen molar-refractivity contribution in [3.63, 3.8) is 0 Å². The van der Waals surface area contributed by atoms with Gasteiger partial charge in [-0.15, -0.1) is 5.10 Å². The van der Waals surface area contributed by atoms with Gasteiger partial charge >= 0.3 is 0 Å². The summed E-state index contributed by atoms with van der Waals surface area (Å²) in [6.07, 6.45) is -3.59. The monoisotopic (exact) mass is 543 g/mol. The number of carbonyl (C=O) groups is 3. The normalized spacial score (nSPS) is 24.4. The predicted octanol–water partition coefficient (Wildman–Crippen LogP) is 1.02. The van der Waals surface area contributed by atoms with E-state index in [0.29, 0.717) is 33.5 Å². The Kier molecular flexibility index (Phi) is 6.39. The van der Waals surface area contributed by atoms with Crippen LogP contribution in [-0.4, -0.2) is 79.0 Å². The summed E-state index contributed by atoms with van der Waals surface area (Å²) < 4.78 is 7.04. The largest absolute Gasteiger partial charge is 0.394 e. The van der Waals surface area contributed by atoms with Crippen molar-refractivity contribution in [1.29, 1.82) is 0 Å². The van der Waals surface area contributed by atoms with E-state index in [0.717, 1.165) is 10.3 Å². The van der Waals surface area contributed by atoms with Gasteiger partial charge in [0.2, 0.25) is 5.91 Å². The Labute approximate surface area is 227 Å². The van der Waals surface area contributed by atoms with Crippen LogP contribution in [0.4, 0.5) is 5.69 Å². The molecule has 0 saturated carbocycles. The molecule has 1 fully saturated rings. The summed E-state index contributed by atoms with van der Waals surface area (Å²) in [4.78, 5) is 39.9. The molecule has 0 unspecified atom stereocenters. The number of hydrogen-bond acceptors (Lipinski definition) is 9. The molecule has 12 nitrogen and oxygen atoms in total. The smallest absolute Gasteiger partial charge is 0.265 e. The van der Waals surface area contributed by atoms with Gasteiger partial charge in [-0.05, 0) is 29.7 Å². The first-order valence-electron chi connectivity index (χ1n) is 12.6. The third kappa shape index (κ3) is 4.14. The van der Waals surface area contributed by atoms with Crippen LogP contribution in [0.25, 0.3) is 22.0 Å². The molecule has 204 valence electrons. The second-order valence-corrected chi connectivity index (χ2v) is 9.74. The average molecular weight is 544 g/mol. The molecule has 2 aliphatic heterocycles. The van der Waals surface area contributed by atoms with Crippen LogP contribution in [0.3, 0.4) is 0 Å². The predicted molar refractivity (Wildman–Crippen MR) is 141 cm³/mol. The van der Waals surface area contributed by atoms with Gasteiger partial charge in [0.05, 0.1) is 18.5 Å². The van der Waals surface area contributed by atoms with E-state index in [9.17, 15) is 29.7 Å². The maximum Gasteiger partial charge on any atom is 0.265 e. The van der Waals surface area contributed by atoms with Crippen LogP contribution in [0.15, 0.2) is 66.9 Å². The number of aromatic nitrogens is 3. The number of benzene rings is 3. The van der Waals surface area contributed by atoms with Crippen molar-refractivity contribution >= 4 is 34.2 Å². The Morgan fingerprint density at radius 2 is 1.68 bits per heavy atom. The Morgan fingerprint density at radius 3 is 2.33 bits per heavy atom. The summed E-state index contributed by atoms with van der Waals surface area (Å²) in [7, 11) is 0. The zero-order valence-corrected chi connectivity index (χ0v) is 21.2. The molecule has 1 saturated heterocycles. The summed E-state index contributed by atoms with van der Waals surface area (Å²) >= 11 is 0. The standard InChI is InChI=1S/C28H25N5O7/c1-14(35)29-23-25(37)24(36)21(13-34)40-28(23)32-12-20(30-31-32)16-7-2-8-17(11-16)33-26(38)18-9-3-5-15-6-4-10-19(22(15)18)27(33)39/h2-12,21,23-25,28,34,36-37H,13H2,1H3,(H,29,35)/t21-,23-,24-,25-,28+/m1/s1. The number of nitrogens with zero attached hydrogens (tertiary/aromatic N) is 4. The van der Waals surface area contributed by atoms with Gasteiger partial charge < -0.3 is 25.4 Å². The van der Waals surface area contributed by atoms with Gasteiger partial charge in [0, 0.05) is 29.0 Å². The number of aliphatic hydroxyl groups excluding tert-OH is 3. The van der Waals surface area contributed by atoms with Gasteiger partial charge in [0.25, 0.3) is 11.8 Å². The molecule has 1 aromatic heterocycles. The molecule has 40 heavy (non-hydrogen) atoms. The van der Waals surface area contributed by atoms with Gasteiger partial charge in [-0.3, -0.25) is 14.4 Å². The summed E-state index contributed by atoms with van der Waals surface area (Å²) in [5, 5.41) is 42.8. The first-order chi connectivity index (χ1) is 19.3.